The number of fused-ring (bicyclic) bond motifs is 1. The van der Waals surface area contributed by atoms with Gasteiger partial charge in [-0.05, 0) is 25.5 Å². The first-order valence-electron chi connectivity index (χ1n) is 6.07. The summed E-state index contributed by atoms with van der Waals surface area (Å²) in [5.74, 6) is 1.60. The van der Waals surface area contributed by atoms with Gasteiger partial charge < -0.3 is 10.5 Å². The van der Waals surface area contributed by atoms with Gasteiger partial charge >= 0.3 is 0 Å². The smallest absolute Gasteiger partial charge is 0.132 e. The van der Waals surface area contributed by atoms with Crippen molar-refractivity contribution in [3.05, 3.63) is 29.8 Å². The van der Waals surface area contributed by atoms with E-state index in [1.54, 1.807) is 4.68 Å². The molecule has 0 saturated heterocycles. The van der Waals surface area contributed by atoms with Crippen molar-refractivity contribution >= 4 is 5.82 Å². The van der Waals surface area contributed by atoms with E-state index in [1.165, 1.54) is 5.56 Å². The molecule has 0 radical (unpaired) electrons. The lowest BCUT2D eigenvalue weighted by molar-refractivity contribution is 0.139. The van der Waals surface area contributed by atoms with Crippen LogP contribution in [-0.2, 0) is 13.5 Å². The SMILES string of the molecule is Cn1nc(-c2cccc3c2OC(C)(C)C3)cc1N. The fraction of sp³-hybridized carbons (Fsp3) is 0.357. The minimum Gasteiger partial charge on any atom is -0.487 e. The fourth-order valence-corrected chi connectivity index (χ4v) is 2.43. The number of benzene rings is 1. The minimum atomic E-state index is -0.140. The molecule has 1 aliphatic rings. The summed E-state index contributed by atoms with van der Waals surface area (Å²) in [7, 11) is 1.84. The molecule has 2 aromatic rings. The molecule has 2 heterocycles. The van der Waals surface area contributed by atoms with E-state index in [4.69, 9.17) is 10.5 Å². The van der Waals surface area contributed by atoms with Gasteiger partial charge in [0.1, 0.15) is 17.2 Å². The van der Waals surface area contributed by atoms with Crippen LogP contribution in [0.15, 0.2) is 24.3 Å². The standard InChI is InChI=1S/C14H17N3O/c1-14(2)8-9-5-4-6-10(13(9)18-14)11-7-12(15)17(3)16-11/h4-7H,8,15H2,1-3H3. The van der Waals surface area contributed by atoms with E-state index in [0.717, 1.165) is 23.4 Å². The van der Waals surface area contributed by atoms with Gasteiger partial charge in [0.05, 0.1) is 5.69 Å². The second-order valence-electron chi connectivity index (χ2n) is 5.41. The molecule has 0 fully saturated rings. The van der Waals surface area contributed by atoms with Crippen molar-refractivity contribution in [3.8, 4) is 17.0 Å². The van der Waals surface area contributed by atoms with Crippen molar-refractivity contribution in [3.63, 3.8) is 0 Å². The number of anilines is 1. The molecule has 0 amide bonds. The monoisotopic (exact) mass is 243 g/mol. The van der Waals surface area contributed by atoms with Gasteiger partial charge in [-0.15, -0.1) is 0 Å². The molecule has 18 heavy (non-hydrogen) atoms. The Morgan fingerprint density at radius 2 is 2.17 bits per heavy atom. The summed E-state index contributed by atoms with van der Waals surface area (Å²) in [6, 6.07) is 8.07. The van der Waals surface area contributed by atoms with Crippen molar-refractivity contribution in [1.29, 1.82) is 0 Å². The average molecular weight is 243 g/mol. The molecule has 3 rings (SSSR count). The number of aromatic nitrogens is 2. The summed E-state index contributed by atoms with van der Waals surface area (Å²) < 4.78 is 7.71. The summed E-state index contributed by atoms with van der Waals surface area (Å²) in [6.07, 6.45) is 0.929. The first-order valence-corrected chi connectivity index (χ1v) is 6.07. The highest BCUT2D eigenvalue weighted by Crippen LogP contribution is 2.41. The van der Waals surface area contributed by atoms with Gasteiger partial charge in [0, 0.05) is 25.1 Å². The normalized spacial score (nSPS) is 16.4. The second-order valence-corrected chi connectivity index (χ2v) is 5.41. The Hall–Kier alpha value is -1.97. The van der Waals surface area contributed by atoms with E-state index in [-0.39, 0.29) is 5.60 Å². The Morgan fingerprint density at radius 3 is 2.83 bits per heavy atom. The van der Waals surface area contributed by atoms with Gasteiger partial charge in [-0.25, -0.2) is 0 Å². The Morgan fingerprint density at radius 1 is 1.39 bits per heavy atom. The van der Waals surface area contributed by atoms with Crippen LogP contribution in [0.25, 0.3) is 11.3 Å². The van der Waals surface area contributed by atoms with E-state index in [0.29, 0.717) is 5.82 Å². The molecule has 0 spiro atoms. The third-order valence-electron chi connectivity index (χ3n) is 3.28. The van der Waals surface area contributed by atoms with Gasteiger partial charge in [0.2, 0.25) is 0 Å². The number of nitrogens with two attached hydrogens (primary N) is 1. The number of hydrogen-bond donors (Lipinski definition) is 1. The highest BCUT2D eigenvalue weighted by Gasteiger charge is 2.32. The van der Waals surface area contributed by atoms with Crippen LogP contribution in [0, 0.1) is 0 Å². The zero-order valence-corrected chi connectivity index (χ0v) is 10.9. The van der Waals surface area contributed by atoms with Gasteiger partial charge in [0.25, 0.3) is 0 Å². The Labute approximate surface area is 106 Å². The lowest BCUT2D eigenvalue weighted by Gasteiger charge is -2.17. The molecule has 0 bridgehead atoms. The van der Waals surface area contributed by atoms with Crippen molar-refractivity contribution in [1.82, 2.24) is 9.78 Å². The highest BCUT2D eigenvalue weighted by molar-refractivity contribution is 5.72. The number of nitrogen functional groups attached to an aromatic ring is 1. The van der Waals surface area contributed by atoms with E-state index in [1.807, 2.05) is 25.2 Å². The number of rotatable bonds is 1. The fourth-order valence-electron chi connectivity index (χ4n) is 2.43. The first kappa shape index (κ1) is 11.1. The van der Waals surface area contributed by atoms with Crippen LogP contribution in [-0.4, -0.2) is 15.4 Å². The molecule has 1 aromatic carbocycles. The Kier molecular flexibility index (Phi) is 2.17. The summed E-state index contributed by atoms with van der Waals surface area (Å²) in [5.41, 5.74) is 8.82. The van der Waals surface area contributed by atoms with Gasteiger partial charge in [-0.3, -0.25) is 4.68 Å². The molecule has 0 atom stereocenters. The summed E-state index contributed by atoms with van der Waals surface area (Å²) in [4.78, 5) is 0. The zero-order valence-electron chi connectivity index (χ0n) is 10.9. The van der Waals surface area contributed by atoms with Gasteiger partial charge in [-0.1, -0.05) is 12.1 Å². The van der Waals surface area contributed by atoms with E-state index in [9.17, 15) is 0 Å². The predicted octanol–water partition coefficient (Wildman–Crippen LogP) is 2.38. The number of aryl methyl sites for hydroxylation is 1. The van der Waals surface area contributed by atoms with E-state index < -0.39 is 0 Å². The van der Waals surface area contributed by atoms with Gasteiger partial charge in [0.15, 0.2) is 0 Å². The van der Waals surface area contributed by atoms with Crippen LogP contribution < -0.4 is 10.5 Å². The van der Waals surface area contributed by atoms with Crippen molar-refractivity contribution in [2.45, 2.75) is 25.9 Å². The molecule has 4 nitrogen and oxygen atoms in total. The highest BCUT2D eigenvalue weighted by atomic mass is 16.5. The van der Waals surface area contributed by atoms with E-state index >= 15 is 0 Å². The van der Waals surface area contributed by atoms with Gasteiger partial charge in [-0.2, -0.15) is 5.10 Å². The predicted molar refractivity (Wildman–Crippen MR) is 71.5 cm³/mol. The van der Waals surface area contributed by atoms with Crippen LogP contribution >= 0.6 is 0 Å². The maximum Gasteiger partial charge on any atom is 0.132 e. The number of nitrogens with zero attached hydrogens (tertiary/aromatic N) is 2. The first-order chi connectivity index (χ1) is 8.46. The Balaban J connectivity index is 2.13. The Bertz CT molecular complexity index is 594. The largest absolute Gasteiger partial charge is 0.487 e. The third kappa shape index (κ3) is 1.65. The molecule has 2 N–H and O–H groups in total. The molecular weight excluding hydrogens is 226 g/mol. The maximum atomic E-state index is 6.04. The number of ether oxygens (including phenoxy) is 1. The molecular formula is C14H17N3O. The van der Waals surface area contributed by atoms with Crippen LogP contribution in [0.4, 0.5) is 5.82 Å². The summed E-state index contributed by atoms with van der Waals surface area (Å²) >= 11 is 0. The van der Waals surface area contributed by atoms with Crippen LogP contribution in [0.2, 0.25) is 0 Å². The summed E-state index contributed by atoms with van der Waals surface area (Å²) in [6.45, 7) is 4.20. The maximum absolute atomic E-state index is 6.04. The van der Waals surface area contributed by atoms with Crippen molar-refractivity contribution in [2.75, 3.05) is 5.73 Å². The average Bonchev–Trinajstić information content (AvgIpc) is 2.77. The van der Waals surface area contributed by atoms with Crippen LogP contribution in [0.1, 0.15) is 19.4 Å². The number of para-hydroxylation sites is 1. The van der Waals surface area contributed by atoms with Crippen LogP contribution in [0.3, 0.4) is 0 Å². The minimum absolute atomic E-state index is 0.140. The molecule has 0 unspecified atom stereocenters. The molecule has 0 saturated carbocycles. The molecule has 0 aliphatic carbocycles. The van der Waals surface area contributed by atoms with Crippen molar-refractivity contribution < 1.29 is 4.74 Å². The third-order valence-corrected chi connectivity index (χ3v) is 3.28. The number of hydrogen-bond acceptors (Lipinski definition) is 3. The van der Waals surface area contributed by atoms with E-state index in [2.05, 4.69) is 25.0 Å². The van der Waals surface area contributed by atoms with Crippen molar-refractivity contribution in [2.24, 2.45) is 7.05 Å². The van der Waals surface area contributed by atoms with Crippen LogP contribution in [0.5, 0.6) is 5.75 Å². The topological polar surface area (TPSA) is 53.1 Å². The molecule has 1 aromatic heterocycles. The quantitative estimate of drug-likeness (QED) is 0.836. The molecule has 94 valence electrons. The molecule has 4 heteroatoms. The second kappa shape index (κ2) is 3.51. The molecule has 1 aliphatic heterocycles. The summed E-state index contributed by atoms with van der Waals surface area (Å²) in [5, 5.41) is 4.42. The zero-order chi connectivity index (χ0) is 12.9. The lowest BCUT2D eigenvalue weighted by atomic mass is 10.00. The lowest BCUT2D eigenvalue weighted by Crippen LogP contribution is -2.24.